The van der Waals surface area contributed by atoms with Crippen LogP contribution in [-0.4, -0.2) is 38.6 Å². The molecule has 2 heterocycles. The number of amides is 2. The van der Waals surface area contributed by atoms with Crippen molar-refractivity contribution in [2.24, 2.45) is 0 Å². The van der Waals surface area contributed by atoms with Crippen LogP contribution in [0.5, 0.6) is 5.75 Å². The van der Waals surface area contributed by atoms with Crippen molar-refractivity contribution in [3.8, 4) is 5.75 Å². The average Bonchev–Trinajstić information content (AvgIpc) is 3.00. The Hall–Kier alpha value is -2.97. The molecule has 2 aromatic rings. The molecule has 1 aliphatic heterocycles. The lowest BCUT2D eigenvalue weighted by atomic mass is 10.2. The van der Waals surface area contributed by atoms with Gasteiger partial charge in [-0.2, -0.15) is 0 Å². The van der Waals surface area contributed by atoms with E-state index in [0.29, 0.717) is 36.5 Å². The predicted molar refractivity (Wildman–Crippen MR) is 76.2 cm³/mol. The lowest BCUT2D eigenvalue weighted by molar-refractivity contribution is -0.118. The molecule has 2 amide bonds. The summed E-state index contributed by atoms with van der Waals surface area (Å²) in [7, 11) is 0. The number of fused-ring (bicyclic) bond motifs is 1. The third-order valence-corrected chi connectivity index (χ3v) is 3.08. The highest BCUT2D eigenvalue weighted by Gasteiger charge is 2.16. The van der Waals surface area contributed by atoms with E-state index in [1.165, 1.54) is 6.33 Å². The van der Waals surface area contributed by atoms with Gasteiger partial charge in [-0.3, -0.25) is 9.59 Å². The monoisotopic (exact) mass is 302 g/mol. The second-order valence-electron chi connectivity index (χ2n) is 4.77. The topological polar surface area (TPSA) is 111 Å². The van der Waals surface area contributed by atoms with Crippen LogP contribution in [0.4, 0.5) is 11.4 Å². The van der Waals surface area contributed by atoms with E-state index in [1.54, 1.807) is 22.9 Å². The zero-order valence-corrected chi connectivity index (χ0v) is 11.7. The first-order valence-electron chi connectivity index (χ1n) is 6.78. The summed E-state index contributed by atoms with van der Waals surface area (Å²) < 4.78 is 6.82. The van der Waals surface area contributed by atoms with Crippen LogP contribution in [0.1, 0.15) is 12.8 Å². The number of hydrogen-bond acceptors (Lipinski definition) is 6. The summed E-state index contributed by atoms with van der Waals surface area (Å²) in [6.07, 6.45) is 2.48. The fraction of sp³-hybridized carbons (Fsp3) is 0.308. The average molecular weight is 302 g/mol. The van der Waals surface area contributed by atoms with Crippen LogP contribution in [0, 0.1) is 0 Å². The number of hydrogen-bond donors (Lipinski definition) is 2. The molecule has 1 aromatic carbocycles. The molecule has 0 fully saturated rings. The first-order chi connectivity index (χ1) is 10.7. The molecule has 22 heavy (non-hydrogen) atoms. The van der Waals surface area contributed by atoms with Crippen molar-refractivity contribution in [1.82, 2.24) is 20.2 Å². The fourth-order valence-corrected chi connectivity index (χ4v) is 2.07. The van der Waals surface area contributed by atoms with Crippen molar-refractivity contribution in [3.63, 3.8) is 0 Å². The largest absolute Gasteiger partial charge is 0.482 e. The maximum atomic E-state index is 11.9. The van der Waals surface area contributed by atoms with Crippen LogP contribution in [0.15, 0.2) is 24.5 Å². The number of carbonyl (C=O) groups excluding carboxylic acids is 2. The molecule has 2 N–H and O–H groups in total. The third kappa shape index (κ3) is 3.37. The number of aromatic nitrogens is 4. The number of nitrogens with one attached hydrogen (secondary N) is 2. The fourth-order valence-electron chi connectivity index (χ4n) is 2.07. The first-order valence-corrected chi connectivity index (χ1v) is 6.78. The van der Waals surface area contributed by atoms with E-state index in [9.17, 15) is 9.59 Å². The van der Waals surface area contributed by atoms with Gasteiger partial charge in [-0.1, -0.05) is 0 Å². The van der Waals surface area contributed by atoms with Gasteiger partial charge in [-0.25, -0.2) is 4.68 Å². The van der Waals surface area contributed by atoms with Gasteiger partial charge >= 0.3 is 0 Å². The molecule has 1 aliphatic rings. The summed E-state index contributed by atoms with van der Waals surface area (Å²) in [5.74, 6) is 0.268. The Kier molecular flexibility index (Phi) is 3.95. The number of ether oxygens (including phenoxy) is 1. The van der Waals surface area contributed by atoms with E-state index in [-0.39, 0.29) is 18.4 Å². The van der Waals surface area contributed by atoms with Crippen molar-refractivity contribution in [1.29, 1.82) is 0 Å². The molecule has 3 rings (SSSR count). The molecule has 0 spiro atoms. The Morgan fingerprint density at radius 1 is 1.45 bits per heavy atom. The maximum Gasteiger partial charge on any atom is 0.262 e. The van der Waals surface area contributed by atoms with Gasteiger partial charge in [0.15, 0.2) is 6.61 Å². The number of carbonyl (C=O) groups is 2. The summed E-state index contributed by atoms with van der Waals surface area (Å²) in [4.78, 5) is 23.2. The van der Waals surface area contributed by atoms with Gasteiger partial charge in [-0.05, 0) is 35.0 Å². The molecule has 0 radical (unpaired) electrons. The van der Waals surface area contributed by atoms with E-state index in [1.807, 2.05) is 0 Å². The van der Waals surface area contributed by atoms with Gasteiger partial charge in [0, 0.05) is 18.7 Å². The molecule has 1 aromatic heterocycles. The normalized spacial score (nSPS) is 13.0. The Bertz CT molecular complexity index is 685. The molecule has 9 nitrogen and oxygen atoms in total. The molecule has 0 atom stereocenters. The van der Waals surface area contributed by atoms with Gasteiger partial charge in [0.1, 0.15) is 12.1 Å². The van der Waals surface area contributed by atoms with Gasteiger partial charge in [0.25, 0.3) is 5.91 Å². The van der Waals surface area contributed by atoms with Crippen LogP contribution >= 0.6 is 0 Å². The summed E-state index contributed by atoms with van der Waals surface area (Å²) in [5, 5.41) is 16.2. The third-order valence-electron chi connectivity index (χ3n) is 3.08. The quantitative estimate of drug-likeness (QED) is 0.828. The van der Waals surface area contributed by atoms with Crippen molar-refractivity contribution < 1.29 is 14.3 Å². The van der Waals surface area contributed by atoms with Crippen molar-refractivity contribution >= 4 is 23.2 Å². The Labute approximate surface area is 125 Å². The van der Waals surface area contributed by atoms with Crippen LogP contribution in [-0.2, 0) is 16.1 Å². The number of nitrogens with zero attached hydrogens (tertiary/aromatic N) is 4. The minimum Gasteiger partial charge on any atom is -0.482 e. The lowest BCUT2D eigenvalue weighted by Crippen LogP contribution is -2.25. The maximum absolute atomic E-state index is 11.9. The molecular formula is C13H14N6O3. The van der Waals surface area contributed by atoms with Gasteiger partial charge in [-0.15, -0.1) is 5.10 Å². The molecule has 114 valence electrons. The summed E-state index contributed by atoms with van der Waals surface area (Å²) >= 11 is 0. The number of benzene rings is 1. The molecule has 0 aliphatic carbocycles. The van der Waals surface area contributed by atoms with Crippen LogP contribution in [0.3, 0.4) is 0 Å². The highest BCUT2D eigenvalue weighted by Crippen LogP contribution is 2.30. The zero-order chi connectivity index (χ0) is 15.4. The molecular weight excluding hydrogens is 288 g/mol. The summed E-state index contributed by atoms with van der Waals surface area (Å²) in [5.41, 5.74) is 1.17. The smallest absolute Gasteiger partial charge is 0.262 e. The standard InChI is InChI=1S/C13H14N6O3/c20-12(2-1-5-19-8-14-17-18-19)15-9-3-4-11-10(6-9)16-13(21)7-22-11/h3-4,6,8H,1-2,5,7H2,(H,15,20)(H,16,21). The predicted octanol–water partition coefficient (Wildman–Crippen LogP) is 0.423. The Morgan fingerprint density at radius 2 is 2.36 bits per heavy atom. The molecule has 0 saturated heterocycles. The van der Waals surface area contributed by atoms with Gasteiger partial charge < -0.3 is 15.4 Å². The molecule has 9 heteroatoms. The van der Waals surface area contributed by atoms with Crippen LogP contribution in [0.25, 0.3) is 0 Å². The van der Waals surface area contributed by atoms with Crippen molar-refractivity contribution in [3.05, 3.63) is 24.5 Å². The molecule has 0 bridgehead atoms. The van der Waals surface area contributed by atoms with E-state index in [2.05, 4.69) is 26.2 Å². The SMILES string of the molecule is O=C(CCCn1cnnn1)Nc1ccc2c(c1)NC(=O)CO2. The van der Waals surface area contributed by atoms with Gasteiger partial charge in [0.05, 0.1) is 5.69 Å². The van der Waals surface area contributed by atoms with E-state index in [0.717, 1.165) is 0 Å². The zero-order valence-electron chi connectivity index (χ0n) is 11.7. The first kappa shape index (κ1) is 14.0. The van der Waals surface area contributed by atoms with Gasteiger partial charge in [0.2, 0.25) is 5.91 Å². The van der Waals surface area contributed by atoms with Crippen LogP contribution in [0.2, 0.25) is 0 Å². The van der Waals surface area contributed by atoms with E-state index < -0.39 is 0 Å². The summed E-state index contributed by atoms with van der Waals surface area (Å²) in [6, 6.07) is 5.12. The second kappa shape index (κ2) is 6.20. The van der Waals surface area contributed by atoms with Crippen molar-refractivity contribution in [2.45, 2.75) is 19.4 Å². The minimum absolute atomic E-state index is 0.00977. The Balaban J connectivity index is 1.53. The lowest BCUT2D eigenvalue weighted by Gasteiger charge is -2.18. The number of tetrazole rings is 1. The Morgan fingerprint density at radius 3 is 3.18 bits per heavy atom. The number of anilines is 2. The molecule has 0 saturated carbocycles. The molecule has 0 unspecified atom stereocenters. The van der Waals surface area contributed by atoms with E-state index >= 15 is 0 Å². The number of aryl methyl sites for hydroxylation is 1. The van der Waals surface area contributed by atoms with Crippen molar-refractivity contribution in [2.75, 3.05) is 17.2 Å². The van der Waals surface area contributed by atoms with E-state index in [4.69, 9.17) is 4.74 Å². The summed E-state index contributed by atoms with van der Waals surface area (Å²) in [6.45, 7) is 0.588. The van der Waals surface area contributed by atoms with Crippen LogP contribution < -0.4 is 15.4 Å². The second-order valence-corrected chi connectivity index (χ2v) is 4.77. The number of rotatable bonds is 5. The highest BCUT2D eigenvalue weighted by molar-refractivity contribution is 5.97. The highest BCUT2D eigenvalue weighted by atomic mass is 16.5. The minimum atomic E-state index is -0.211.